The predicted octanol–water partition coefficient (Wildman–Crippen LogP) is 5.48. The van der Waals surface area contributed by atoms with E-state index in [2.05, 4.69) is 5.32 Å². The number of aryl methyl sites for hydroxylation is 1. The molecule has 0 unspecified atom stereocenters. The van der Waals surface area contributed by atoms with Crippen molar-refractivity contribution in [2.75, 3.05) is 5.32 Å². The summed E-state index contributed by atoms with van der Waals surface area (Å²) in [5.41, 5.74) is 4.17. The molecule has 0 spiro atoms. The molecule has 7 heteroatoms. The third kappa shape index (κ3) is 4.03. The van der Waals surface area contributed by atoms with Crippen molar-refractivity contribution in [3.05, 3.63) is 95.6 Å². The van der Waals surface area contributed by atoms with Gasteiger partial charge in [0.1, 0.15) is 5.84 Å². The molecular formula is C27H24N4O2S. The van der Waals surface area contributed by atoms with Crippen LogP contribution in [0.4, 0.5) is 11.4 Å². The van der Waals surface area contributed by atoms with Gasteiger partial charge >= 0.3 is 0 Å². The molecule has 2 atom stereocenters. The highest BCUT2D eigenvalue weighted by atomic mass is 32.2. The van der Waals surface area contributed by atoms with E-state index in [-0.39, 0.29) is 11.8 Å². The van der Waals surface area contributed by atoms with Crippen molar-refractivity contribution in [2.45, 2.75) is 31.6 Å². The first-order chi connectivity index (χ1) is 16.6. The maximum atomic E-state index is 13.6. The number of nitrogens with zero attached hydrogens (tertiary/aromatic N) is 3. The Morgan fingerprint density at radius 3 is 2.50 bits per heavy atom. The molecule has 2 heterocycles. The minimum absolute atomic E-state index is 0.117. The van der Waals surface area contributed by atoms with Crippen LogP contribution in [0.15, 0.2) is 88.8 Å². The molecule has 5 rings (SSSR count). The molecule has 0 saturated carbocycles. The molecule has 0 radical (unpaired) electrons. The van der Waals surface area contributed by atoms with Crippen molar-refractivity contribution in [1.29, 1.82) is 0 Å². The van der Waals surface area contributed by atoms with Crippen LogP contribution in [-0.4, -0.2) is 33.0 Å². The lowest BCUT2D eigenvalue weighted by Crippen LogP contribution is -2.41. The number of aliphatic imine (C=N–C) groups is 2. The first-order valence-electron chi connectivity index (χ1n) is 11.2. The molecule has 3 aromatic rings. The van der Waals surface area contributed by atoms with Gasteiger partial charge in [-0.25, -0.2) is 14.9 Å². The molecule has 1 N–H and O–H groups in total. The second-order valence-corrected chi connectivity index (χ2v) is 9.34. The van der Waals surface area contributed by atoms with Crippen LogP contribution >= 0.6 is 11.8 Å². The van der Waals surface area contributed by atoms with Crippen molar-refractivity contribution < 1.29 is 9.59 Å². The predicted molar refractivity (Wildman–Crippen MR) is 138 cm³/mol. The van der Waals surface area contributed by atoms with E-state index in [1.807, 2.05) is 92.7 Å². The van der Waals surface area contributed by atoms with Gasteiger partial charge in [-0.2, -0.15) is 0 Å². The second-order valence-electron chi connectivity index (χ2n) is 8.17. The van der Waals surface area contributed by atoms with Crippen LogP contribution in [0.2, 0.25) is 0 Å². The van der Waals surface area contributed by atoms with Crippen molar-refractivity contribution in [2.24, 2.45) is 9.98 Å². The number of nitrogens with one attached hydrogen (secondary N) is 1. The van der Waals surface area contributed by atoms with Gasteiger partial charge in [0, 0.05) is 11.3 Å². The number of hydrogen-bond donors (Lipinski definition) is 1. The maximum absolute atomic E-state index is 13.6. The molecule has 6 nitrogen and oxygen atoms in total. The van der Waals surface area contributed by atoms with Crippen LogP contribution in [0.5, 0.6) is 0 Å². The molecular weight excluding hydrogens is 444 g/mol. The Hall–Kier alpha value is -3.71. The Morgan fingerprint density at radius 1 is 1.03 bits per heavy atom. The van der Waals surface area contributed by atoms with Crippen molar-refractivity contribution in [1.82, 2.24) is 4.90 Å². The SMILES string of the molecule is CC[C@H](SC1=Nc2ccccc2C2=N[C@H](c3ccccc3)C(=O)N12)C(=O)Nc1ccccc1C. The minimum Gasteiger partial charge on any atom is -0.325 e. The first kappa shape index (κ1) is 22.1. The van der Waals surface area contributed by atoms with E-state index in [0.29, 0.717) is 17.4 Å². The lowest BCUT2D eigenvalue weighted by molar-refractivity contribution is -0.124. The topological polar surface area (TPSA) is 74.1 Å². The van der Waals surface area contributed by atoms with Crippen LogP contribution in [0.1, 0.15) is 36.1 Å². The number of rotatable bonds is 5. The molecule has 0 fully saturated rings. The van der Waals surface area contributed by atoms with Crippen LogP contribution in [0, 0.1) is 6.92 Å². The van der Waals surface area contributed by atoms with Crippen LogP contribution in [-0.2, 0) is 9.59 Å². The van der Waals surface area contributed by atoms with Gasteiger partial charge in [-0.15, -0.1) is 0 Å². The Kier molecular flexibility index (Phi) is 6.02. The maximum Gasteiger partial charge on any atom is 0.263 e. The summed E-state index contributed by atoms with van der Waals surface area (Å²) in [6, 6.07) is 24.3. The Labute approximate surface area is 202 Å². The van der Waals surface area contributed by atoms with Gasteiger partial charge in [-0.3, -0.25) is 9.59 Å². The summed E-state index contributed by atoms with van der Waals surface area (Å²) in [6.45, 7) is 3.92. The highest BCUT2D eigenvalue weighted by Crippen LogP contribution is 2.38. The number of fused-ring (bicyclic) bond motifs is 3. The average molecular weight is 469 g/mol. The fraction of sp³-hybridized carbons (Fsp3) is 0.185. The summed E-state index contributed by atoms with van der Waals surface area (Å²) in [4.78, 5) is 37.9. The molecule has 0 bridgehead atoms. The van der Waals surface area contributed by atoms with Gasteiger partial charge in [0.2, 0.25) is 5.91 Å². The van der Waals surface area contributed by atoms with E-state index in [1.165, 1.54) is 11.8 Å². The lowest BCUT2D eigenvalue weighted by Gasteiger charge is -2.27. The van der Waals surface area contributed by atoms with E-state index in [0.717, 1.165) is 28.1 Å². The normalized spacial score (nSPS) is 17.4. The van der Waals surface area contributed by atoms with Gasteiger partial charge in [0.15, 0.2) is 11.2 Å². The highest BCUT2D eigenvalue weighted by molar-refractivity contribution is 8.15. The molecule has 2 aliphatic rings. The number of amidine groups is 2. The zero-order chi connectivity index (χ0) is 23.7. The minimum atomic E-state index is -0.631. The van der Waals surface area contributed by atoms with Gasteiger partial charge in [-0.05, 0) is 42.7 Å². The molecule has 0 saturated heterocycles. The Balaban J connectivity index is 1.47. The van der Waals surface area contributed by atoms with E-state index >= 15 is 0 Å². The first-order valence-corrected chi connectivity index (χ1v) is 12.1. The Bertz CT molecular complexity index is 1320. The smallest absolute Gasteiger partial charge is 0.263 e. The molecule has 0 aromatic heterocycles. The van der Waals surface area contributed by atoms with Crippen LogP contribution in [0.25, 0.3) is 0 Å². The van der Waals surface area contributed by atoms with E-state index in [1.54, 1.807) is 4.90 Å². The Morgan fingerprint density at radius 2 is 1.74 bits per heavy atom. The summed E-state index contributed by atoms with van der Waals surface area (Å²) >= 11 is 1.30. The third-order valence-electron chi connectivity index (χ3n) is 5.90. The molecule has 3 aromatic carbocycles. The van der Waals surface area contributed by atoms with Crippen LogP contribution in [0.3, 0.4) is 0 Å². The number of para-hydroxylation sites is 2. The average Bonchev–Trinajstić information content (AvgIpc) is 3.22. The van der Waals surface area contributed by atoms with Crippen molar-refractivity contribution in [3.63, 3.8) is 0 Å². The second kappa shape index (κ2) is 9.27. The summed E-state index contributed by atoms with van der Waals surface area (Å²) in [6.07, 6.45) is 0.583. The van der Waals surface area contributed by atoms with E-state index in [9.17, 15) is 9.59 Å². The summed E-state index contributed by atoms with van der Waals surface area (Å²) in [7, 11) is 0. The number of benzene rings is 3. The fourth-order valence-electron chi connectivity index (χ4n) is 4.06. The zero-order valence-electron chi connectivity index (χ0n) is 18.9. The summed E-state index contributed by atoms with van der Waals surface area (Å²) in [5, 5.41) is 3.08. The standard InChI is InChI=1S/C27H24N4O2S/c1-3-22(25(32)28-20-15-9-7-11-17(20)2)34-27-29-21-16-10-8-14-19(21)24-30-23(26(33)31(24)27)18-12-5-4-6-13-18/h4-16,22-23H,3H2,1-2H3,(H,28,32)/t22-,23+/m0/s1. The summed E-state index contributed by atoms with van der Waals surface area (Å²) in [5.74, 6) is 0.310. The molecule has 34 heavy (non-hydrogen) atoms. The number of amides is 2. The van der Waals surface area contributed by atoms with E-state index < -0.39 is 11.3 Å². The van der Waals surface area contributed by atoms with E-state index in [4.69, 9.17) is 9.98 Å². The zero-order valence-corrected chi connectivity index (χ0v) is 19.8. The molecule has 0 aliphatic carbocycles. The lowest BCUT2D eigenvalue weighted by atomic mass is 10.1. The summed E-state index contributed by atoms with van der Waals surface area (Å²) < 4.78 is 0. The molecule has 170 valence electrons. The quantitative estimate of drug-likeness (QED) is 0.539. The number of hydrogen-bond acceptors (Lipinski definition) is 5. The van der Waals surface area contributed by atoms with Gasteiger partial charge in [-0.1, -0.05) is 79.3 Å². The van der Waals surface area contributed by atoms with Crippen molar-refractivity contribution in [3.8, 4) is 0 Å². The highest BCUT2D eigenvalue weighted by Gasteiger charge is 2.43. The van der Waals surface area contributed by atoms with Gasteiger partial charge < -0.3 is 5.32 Å². The number of carbonyl (C=O) groups is 2. The number of thioether (sulfide) groups is 1. The van der Waals surface area contributed by atoms with Gasteiger partial charge in [0.25, 0.3) is 5.91 Å². The largest absolute Gasteiger partial charge is 0.325 e. The third-order valence-corrected chi connectivity index (χ3v) is 7.22. The van der Waals surface area contributed by atoms with Crippen molar-refractivity contribution >= 4 is 46.0 Å². The molecule has 2 amide bonds. The number of anilines is 1. The van der Waals surface area contributed by atoms with Crippen LogP contribution < -0.4 is 5.32 Å². The van der Waals surface area contributed by atoms with Gasteiger partial charge in [0.05, 0.1) is 10.9 Å². The molecule has 2 aliphatic heterocycles. The monoisotopic (exact) mass is 468 g/mol. The fourth-order valence-corrected chi connectivity index (χ4v) is 5.08. The number of carbonyl (C=O) groups excluding carboxylic acids is 2.